The number of aromatic hydroxyl groups is 1. The number of nitrogens with zero attached hydrogens (tertiary/aromatic N) is 1. The van der Waals surface area contributed by atoms with Gasteiger partial charge in [-0.1, -0.05) is 18.5 Å². The molecule has 1 aromatic heterocycles. The van der Waals surface area contributed by atoms with E-state index in [9.17, 15) is 19.1 Å². The number of primary amides is 1. The van der Waals surface area contributed by atoms with Gasteiger partial charge in [-0.3, -0.25) is 14.2 Å². The number of fused-ring (bicyclic) bond motifs is 1. The van der Waals surface area contributed by atoms with Crippen molar-refractivity contribution in [2.45, 2.75) is 32.6 Å². The highest BCUT2D eigenvalue weighted by Crippen LogP contribution is 2.38. The van der Waals surface area contributed by atoms with E-state index in [2.05, 4.69) is 0 Å². The first-order chi connectivity index (χ1) is 13.2. The largest absolute Gasteiger partial charge is 0.505 e. The molecule has 1 heterocycles. The quantitative estimate of drug-likeness (QED) is 0.658. The Morgan fingerprint density at radius 1 is 1.21 bits per heavy atom. The molecule has 3 aromatic rings. The molecule has 28 heavy (non-hydrogen) atoms. The number of hydrogen-bond donors (Lipinski definition) is 2. The smallest absolute Gasteiger partial charge is 0.262 e. The Bertz CT molecular complexity index is 1070. The number of aromatic nitrogens is 1. The summed E-state index contributed by atoms with van der Waals surface area (Å²) in [5.74, 6) is -2.31. The van der Waals surface area contributed by atoms with Gasteiger partial charge in [0.1, 0.15) is 0 Å². The van der Waals surface area contributed by atoms with E-state index in [1.54, 1.807) is 31.2 Å². The first-order valence-electron chi connectivity index (χ1n) is 8.83. The van der Waals surface area contributed by atoms with E-state index in [1.165, 1.54) is 16.7 Å². The summed E-state index contributed by atoms with van der Waals surface area (Å²) < 4.78 is 16.3. The van der Waals surface area contributed by atoms with Gasteiger partial charge in [-0.25, -0.2) is 4.39 Å². The molecule has 0 spiro atoms. The third kappa shape index (κ3) is 3.47. The minimum absolute atomic E-state index is 0.138. The van der Waals surface area contributed by atoms with E-state index in [0.29, 0.717) is 33.8 Å². The van der Waals surface area contributed by atoms with Gasteiger partial charge < -0.3 is 10.8 Å². The predicted octanol–water partition coefficient (Wildman–Crippen LogP) is 4.51. The van der Waals surface area contributed by atoms with Crippen LogP contribution in [0.2, 0.25) is 5.02 Å². The van der Waals surface area contributed by atoms with Crippen molar-refractivity contribution in [3.05, 3.63) is 64.1 Å². The minimum atomic E-state index is -0.788. The highest BCUT2D eigenvalue weighted by atomic mass is 35.5. The summed E-state index contributed by atoms with van der Waals surface area (Å²) in [4.78, 5) is 24.3. The first kappa shape index (κ1) is 19.9. The average molecular weight is 403 g/mol. The van der Waals surface area contributed by atoms with Crippen LogP contribution in [0.4, 0.5) is 4.39 Å². The number of carbonyl (C=O) groups is 2. The average Bonchev–Trinajstić information content (AvgIpc) is 2.95. The molecule has 0 bridgehead atoms. The molecule has 146 valence electrons. The Balaban J connectivity index is 2.22. The topological polar surface area (TPSA) is 85.3 Å². The number of phenols is 1. The van der Waals surface area contributed by atoms with Gasteiger partial charge >= 0.3 is 0 Å². The number of halogens is 2. The van der Waals surface area contributed by atoms with Crippen molar-refractivity contribution in [2.75, 3.05) is 0 Å². The van der Waals surface area contributed by atoms with Gasteiger partial charge in [0.25, 0.3) is 5.91 Å². The number of carbonyl (C=O) groups excluding carboxylic acids is 2. The molecule has 0 unspecified atom stereocenters. The lowest BCUT2D eigenvalue weighted by Gasteiger charge is -2.12. The van der Waals surface area contributed by atoms with Gasteiger partial charge in [0, 0.05) is 28.1 Å². The Kier molecular flexibility index (Phi) is 5.42. The van der Waals surface area contributed by atoms with E-state index in [-0.39, 0.29) is 23.6 Å². The van der Waals surface area contributed by atoms with E-state index in [1.807, 2.05) is 6.92 Å². The van der Waals surface area contributed by atoms with Crippen molar-refractivity contribution in [3.8, 4) is 5.75 Å². The molecular formula is C21H20ClFN2O3. The molecule has 1 atom stereocenters. The van der Waals surface area contributed by atoms with Crippen molar-refractivity contribution < 1.29 is 19.1 Å². The van der Waals surface area contributed by atoms with Crippen LogP contribution in [0, 0.1) is 12.7 Å². The van der Waals surface area contributed by atoms with E-state index >= 15 is 0 Å². The second-order valence-corrected chi connectivity index (χ2v) is 7.28. The van der Waals surface area contributed by atoms with Crippen LogP contribution in [0.3, 0.4) is 0 Å². The number of hydrogen-bond acceptors (Lipinski definition) is 3. The van der Waals surface area contributed by atoms with Crippen LogP contribution >= 0.6 is 11.6 Å². The van der Waals surface area contributed by atoms with Crippen molar-refractivity contribution >= 4 is 34.3 Å². The molecule has 1 amide bonds. The lowest BCUT2D eigenvalue weighted by atomic mass is 9.93. The normalized spacial score (nSPS) is 12.3. The van der Waals surface area contributed by atoms with Crippen LogP contribution in [0.25, 0.3) is 10.9 Å². The summed E-state index contributed by atoms with van der Waals surface area (Å²) in [6, 6.07) is 9.16. The van der Waals surface area contributed by atoms with Crippen LogP contribution in [-0.4, -0.2) is 21.5 Å². The van der Waals surface area contributed by atoms with Gasteiger partial charge in [0.05, 0.1) is 5.52 Å². The maximum atomic E-state index is 14.8. The Morgan fingerprint density at radius 2 is 1.86 bits per heavy atom. The van der Waals surface area contributed by atoms with Gasteiger partial charge in [-0.05, 0) is 61.2 Å². The lowest BCUT2D eigenvalue weighted by molar-refractivity contribution is -0.118. The number of nitrogens with two attached hydrogens (primary N) is 1. The fourth-order valence-electron chi connectivity index (χ4n) is 3.57. The number of rotatable bonds is 5. The van der Waals surface area contributed by atoms with Crippen molar-refractivity contribution in [2.24, 2.45) is 5.73 Å². The molecule has 0 saturated heterocycles. The molecular weight excluding hydrogens is 383 g/mol. The van der Waals surface area contributed by atoms with Gasteiger partial charge in [0.2, 0.25) is 5.91 Å². The summed E-state index contributed by atoms with van der Waals surface area (Å²) in [5.41, 5.74) is 7.12. The zero-order valence-corrected chi connectivity index (χ0v) is 16.3. The molecule has 2 aromatic carbocycles. The van der Waals surface area contributed by atoms with Crippen LogP contribution < -0.4 is 5.73 Å². The Hall–Kier alpha value is -2.86. The number of benzene rings is 2. The number of amides is 1. The molecule has 0 aliphatic carbocycles. The summed E-state index contributed by atoms with van der Waals surface area (Å²) in [6.45, 7) is 3.56. The molecule has 0 fully saturated rings. The standard InChI is InChI=1S/C21H20ClFN2O3/c1-11(3-10-17(24)27)18-12(2)25(15-8-9-16(26)20(23)19(15)18)21(28)13-4-6-14(22)7-5-13/h4-9,11,26H,3,10H2,1-2H3,(H2,24,27)/t11-/m0/s1. The molecule has 3 rings (SSSR count). The molecule has 0 aliphatic heterocycles. The molecule has 5 nitrogen and oxygen atoms in total. The van der Waals surface area contributed by atoms with Gasteiger partial charge in [-0.2, -0.15) is 0 Å². The first-order valence-corrected chi connectivity index (χ1v) is 9.21. The molecule has 0 saturated carbocycles. The van der Waals surface area contributed by atoms with Crippen LogP contribution in [0.15, 0.2) is 36.4 Å². The van der Waals surface area contributed by atoms with E-state index in [4.69, 9.17) is 17.3 Å². The Labute approximate surface area is 166 Å². The maximum absolute atomic E-state index is 14.8. The zero-order chi connectivity index (χ0) is 20.6. The monoisotopic (exact) mass is 402 g/mol. The summed E-state index contributed by atoms with van der Waals surface area (Å²) in [7, 11) is 0. The van der Waals surface area contributed by atoms with E-state index < -0.39 is 17.5 Å². The lowest BCUT2D eigenvalue weighted by Crippen LogP contribution is -2.14. The van der Waals surface area contributed by atoms with Crippen LogP contribution in [-0.2, 0) is 4.79 Å². The SMILES string of the molecule is Cc1c([C@@H](C)CCC(N)=O)c2c(F)c(O)ccc2n1C(=O)c1ccc(Cl)cc1. The second-order valence-electron chi connectivity index (χ2n) is 6.85. The fraction of sp³-hybridized carbons (Fsp3) is 0.238. The third-order valence-electron chi connectivity index (χ3n) is 4.95. The maximum Gasteiger partial charge on any atom is 0.262 e. The Morgan fingerprint density at radius 3 is 2.46 bits per heavy atom. The molecule has 0 aliphatic rings. The number of phenolic OH excluding ortho intramolecular Hbond substituents is 1. The summed E-state index contributed by atoms with van der Waals surface area (Å²) in [6.07, 6.45) is 0.540. The van der Waals surface area contributed by atoms with Gasteiger partial charge in [0.15, 0.2) is 11.6 Å². The summed E-state index contributed by atoms with van der Waals surface area (Å²) >= 11 is 5.90. The van der Waals surface area contributed by atoms with Crippen LogP contribution in [0.1, 0.15) is 47.3 Å². The molecule has 7 heteroatoms. The molecule has 3 N–H and O–H groups in total. The highest BCUT2D eigenvalue weighted by molar-refractivity contribution is 6.30. The molecule has 0 radical (unpaired) electrons. The van der Waals surface area contributed by atoms with Gasteiger partial charge in [-0.15, -0.1) is 0 Å². The minimum Gasteiger partial charge on any atom is -0.505 e. The van der Waals surface area contributed by atoms with Crippen molar-refractivity contribution in [1.82, 2.24) is 4.57 Å². The summed E-state index contributed by atoms with van der Waals surface area (Å²) in [5, 5.41) is 10.5. The predicted molar refractivity (Wildman–Crippen MR) is 106 cm³/mol. The fourth-order valence-corrected chi connectivity index (χ4v) is 3.69. The highest BCUT2D eigenvalue weighted by Gasteiger charge is 2.26. The van der Waals surface area contributed by atoms with Crippen molar-refractivity contribution in [1.29, 1.82) is 0 Å². The van der Waals surface area contributed by atoms with Crippen LogP contribution in [0.5, 0.6) is 5.75 Å². The zero-order valence-electron chi connectivity index (χ0n) is 15.5. The second kappa shape index (κ2) is 7.64. The third-order valence-corrected chi connectivity index (χ3v) is 5.20. The van der Waals surface area contributed by atoms with E-state index in [0.717, 1.165) is 0 Å². The van der Waals surface area contributed by atoms with Crippen molar-refractivity contribution in [3.63, 3.8) is 0 Å².